The van der Waals surface area contributed by atoms with Crippen LogP contribution in [0.2, 0.25) is 0 Å². The first-order chi connectivity index (χ1) is 14.3. The zero-order chi connectivity index (χ0) is 22.0. The van der Waals surface area contributed by atoms with E-state index in [2.05, 4.69) is 4.99 Å². The number of hydrogen-bond donors (Lipinski definition) is 0. The molecule has 0 aliphatic carbocycles. The SMILES string of the molecule is CCOc1ccc(C2C(C(=O)OC(C)C)=C(C)N=C3SC(CC)C(=O)N32)cc1OC. The number of methoxy groups -OCH3 is 1. The third kappa shape index (κ3) is 4.05. The topological polar surface area (TPSA) is 77.4 Å². The lowest BCUT2D eigenvalue weighted by Gasteiger charge is -2.33. The molecule has 0 radical (unpaired) electrons. The number of esters is 1. The molecule has 2 unspecified atom stereocenters. The number of carbonyl (C=O) groups excluding carboxylic acids is 2. The maximum absolute atomic E-state index is 13.2. The van der Waals surface area contributed by atoms with E-state index >= 15 is 0 Å². The maximum atomic E-state index is 13.2. The van der Waals surface area contributed by atoms with Crippen LogP contribution in [0.3, 0.4) is 0 Å². The van der Waals surface area contributed by atoms with Crippen molar-refractivity contribution < 1.29 is 23.8 Å². The predicted octanol–water partition coefficient (Wildman–Crippen LogP) is 4.08. The predicted molar refractivity (Wildman–Crippen MR) is 117 cm³/mol. The van der Waals surface area contributed by atoms with Crippen LogP contribution in [0.1, 0.15) is 52.6 Å². The van der Waals surface area contributed by atoms with Gasteiger partial charge >= 0.3 is 5.97 Å². The van der Waals surface area contributed by atoms with E-state index in [4.69, 9.17) is 14.2 Å². The second-order valence-corrected chi connectivity index (χ2v) is 8.49. The smallest absolute Gasteiger partial charge is 0.338 e. The fraction of sp³-hybridized carbons (Fsp3) is 0.500. The van der Waals surface area contributed by atoms with Crippen LogP contribution in [0.15, 0.2) is 34.5 Å². The first-order valence-corrected chi connectivity index (χ1v) is 11.0. The minimum absolute atomic E-state index is 0.0542. The number of ether oxygens (including phenoxy) is 3. The van der Waals surface area contributed by atoms with E-state index in [-0.39, 0.29) is 17.3 Å². The Bertz CT molecular complexity index is 909. The molecule has 7 nitrogen and oxygen atoms in total. The summed E-state index contributed by atoms with van der Waals surface area (Å²) in [5.41, 5.74) is 1.66. The third-order valence-electron chi connectivity index (χ3n) is 4.89. The van der Waals surface area contributed by atoms with Crippen molar-refractivity contribution in [2.45, 2.75) is 58.4 Å². The van der Waals surface area contributed by atoms with Gasteiger partial charge in [-0.15, -0.1) is 0 Å². The summed E-state index contributed by atoms with van der Waals surface area (Å²) < 4.78 is 16.6. The molecule has 0 aromatic heterocycles. The molecule has 0 saturated carbocycles. The Hall–Kier alpha value is -2.48. The van der Waals surface area contributed by atoms with Crippen LogP contribution >= 0.6 is 11.8 Å². The lowest BCUT2D eigenvalue weighted by atomic mass is 9.93. The zero-order valence-corrected chi connectivity index (χ0v) is 19.0. The van der Waals surface area contributed by atoms with Crippen LogP contribution in [0.4, 0.5) is 0 Å². The minimum Gasteiger partial charge on any atom is -0.493 e. The van der Waals surface area contributed by atoms with Crippen molar-refractivity contribution in [1.82, 2.24) is 4.90 Å². The highest BCUT2D eigenvalue weighted by atomic mass is 32.2. The van der Waals surface area contributed by atoms with Gasteiger partial charge in [0.2, 0.25) is 5.91 Å². The summed E-state index contributed by atoms with van der Waals surface area (Å²) in [6, 6.07) is 4.83. The van der Waals surface area contributed by atoms with Gasteiger partial charge in [-0.3, -0.25) is 9.69 Å². The Balaban J connectivity index is 2.14. The van der Waals surface area contributed by atoms with Crippen LogP contribution in [0, 0.1) is 0 Å². The first kappa shape index (κ1) is 22.2. The van der Waals surface area contributed by atoms with Gasteiger partial charge < -0.3 is 14.2 Å². The third-order valence-corrected chi connectivity index (χ3v) is 6.21. The fourth-order valence-electron chi connectivity index (χ4n) is 3.57. The largest absolute Gasteiger partial charge is 0.493 e. The molecule has 2 heterocycles. The lowest BCUT2D eigenvalue weighted by Crippen LogP contribution is -2.41. The number of nitrogens with zero attached hydrogens (tertiary/aromatic N) is 2. The number of fused-ring (bicyclic) bond motifs is 1. The Morgan fingerprint density at radius 2 is 2.00 bits per heavy atom. The van der Waals surface area contributed by atoms with Crippen LogP contribution < -0.4 is 9.47 Å². The summed E-state index contributed by atoms with van der Waals surface area (Å²) in [5.74, 6) is 0.621. The molecule has 1 aromatic rings. The number of amidine groups is 1. The molecule has 3 rings (SSSR count). The highest BCUT2D eigenvalue weighted by Gasteiger charge is 2.47. The Kier molecular flexibility index (Phi) is 6.75. The van der Waals surface area contributed by atoms with Crippen molar-refractivity contribution in [3.8, 4) is 11.5 Å². The average Bonchev–Trinajstić information content (AvgIpc) is 3.02. The number of hydrogen-bond acceptors (Lipinski definition) is 7. The number of carbonyl (C=O) groups is 2. The molecule has 1 saturated heterocycles. The summed E-state index contributed by atoms with van der Waals surface area (Å²) in [5, 5.41) is 0.396. The van der Waals surface area contributed by atoms with Crippen molar-refractivity contribution >= 4 is 28.8 Å². The van der Waals surface area contributed by atoms with Gasteiger partial charge in [0.25, 0.3) is 0 Å². The zero-order valence-electron chi connectivity index (χ0n) is 18.2. The summed E-state index contributed by atoms with van der Waals surface area (Å²) in [4.78, 5) is 32.4. The summed E-state index contributed by atoms with van der Waals surface area (Å²) in [6.45, 7) is 9.74. The number of benzene rings is 1. The standard InChI is InChI=1S/C22H28N2O5S/c1-7-17-20(25)24-19(14-9-10-15(28-8-2)16(11-14)27-6)18(21(26)29-12(3)4)13(5)23-22(24)30-17/h9-12,17,19H,7-8H2,1-6H3. The van der Waals surface area contributed by atoms with Gasteiger partial charge in [-0.2, -0.15) is 0 Å². The summed E-state index contributed by atoms with van der Waals surface area (Å²) in [7, 11) is 1.56. The normalized spacial score (nSPS) is 21.0. The quantitative estimate of drug-likeness (QED) is 0.604. The highest BCUT2D eigenvalue weighted by molar-refractivity contribution is 8.15. The molecule has 8 heteroatoms. The van der Waals surface area contributed by atoms with Gasteiger partial charge in [-0.1, -0.05) is 24.8 Å². The van der Waals surface area contributed by atoms with Gasteiger partial charge in [0, 0.05) is 0 Å². The lowest BCUT2D eigenvalue weighted by molar-refractivity contribution is -0.143. The Labute approximate surface area is 181 Å². The van der Waals surface area contributed by atoms with Crippen molar-refractivity contribution in [3.63, 3.8) is 0 Å². The Morgan fingerprint density at radius 3 is 2.60 bits per heavy atom. The molecule has 2 aliphatic heterocycles. The van der Waals surface area contributed by atoms with E-state index in [0.717, 1.165) is 5.56 Å². The van der Waals surface area contributed by atoms with Gasteiger partial charge in [-0.25, -0.2) is 9.79 Å². The average molecular weight is 433 g/mol. The van der Waals surface area contributed by atoms with E-state index < -0.39 is 12.0 Å². The van der Waals surface area contributed by atoms with Crippen LogP contribution in [-0.2, 0) is 14.3 Å². The van der Waals surface area contributed by atoms with Gasteiger partial charge in [0.1, 0.15) is 0 Å². The summed E-state index contributed by atoms with van der Waals surface area (Å²) >= 11 is 1.44. The molecule has 162 valence electrons. The maximum Gasteiger partial charge on any atom is 0.338 e. The van der Waals surface area contributed by atoms with Crippen LogP contribution in [0.25, 0.3) is 0 Å². The fourth-order valence-corrected chi connectivity index (χ4v) is 4.71. The monoisotopic (exact) mass is 432 g/mol. The number of allylic oxidation sites excluding steroid dienone is 1. The van der Waals surface area contributed by atoms with Crippen LogP contribution in [-0.4, -0.2) is 47.0 Å². The van der Waals surface area contributed by atoms with E-state index in [9.17, 15) is 9.59 Å². The molecule has 0 N–H and O–H groups in total. The molecule has 1 amide bonds. The minimum atomic E-state index is -0.634. The van der Waals surface area contributed by atoms with Crippen molar-refractivity contribution in [2.24, 2.45) is 4.99 Å². The molecule has 1 aromatic carbocycles. The van der Waals surface area contributed by atoms with Gasteiger partial charge in [0.15, 0.2) is 16.7 Å². The van der Waals surface area contributed by atoms with E-state index in [1.165, 1.54) is 11.8 Å². The Morgan fingerprint density at radius 1 is 1.27 bits per heavy atom. The van der Waals surface area contributed by atoms with Crippen molar-refractivity contribution in [1.29, 1.82) is 0 Å². The second-order valence-electron chi connectivity index (χ2n) is 7.32. The van der Waals surface area contributed by atoms with Crippen molar-refractivity contribution in [3.05, 3.63) is 35.0 Å². The van der Waals surface area contributed by atoms with Gasteiger partial charge in [0.05, 0.1) is 42.4 Å². The molecule has 30 heavy (non-hydrogen) atoms. The number of rotatable bonds is 7. The summed E-state index contributed by atoms with van der Waals surface area (Å²) in [6.07, 6.45) is 0.397. The second kappa shape index (κ2) is 9.12. The number of thioether (sulfide) groups is 1. The van der Waals surface area contributed by atoms with Crippen molar-refractivity contribution in [2.75, 3.05) is 13.7 Å². The molecule has 0 bridgehead atoms. The molecule has 2 aliphatic rings. The van der Waals surface area contributed by atoms with Crippen LogP contribution in [0.5, 0.6) is 11.5 Å². The van der Waals surface area contributed by atoms with E-state index in [1.807, 2.05) is 26.0 Å². The molecule has 1 fully saturated rings. The van der Waals surface area contributed by atoms with Gasteiger partial charge in [-0.05, 0) is 51.8 Å². The van der Waals surface area contributed by atoms with E-state index in [0.29, 0.717) is 41.0 Å². The first-order valence-electron chi connectivity index (χ1n) is 10.1. The number of aliphatic imine (C=N–C) groups is 1. The number of amides is 1. The molecule has 2 atom stereocenters. The molecular formula is C22H28N2O5S. The highest BCUT2D eigenvalue weighted by Crippen LogP contribution is 2.45. The molecular weight excluding hydrogens is 404 g/mol. The molecule has 0 spiro atoms. The van der Waals surface area contributed by atoms with E-state index in [1.54, 1.807) is 38.8 Å².